The number of epoxide rings is 1. The van der Waals surface area contributed by atoms with Crippen molar-refractivity contribution in [2.75, 3.05) is 6.61 Å². The second kappa shape index (κ2) is 16.2. The SMILES string of the molecule is CC(C)(C)[Si](C)(C)Oc1cccc2c1C(=O)O[C@@H](CCO)CC(O[Si](C)(C)C(C)(C)C)C1OC1[C@@H](O[Si](c1ccccc1)(c1ccccc1)C(C)(C)C)/C=C/2. The first kappa shape index (κ1) is 43.3. The van der Waals surface area contributed by atoms with Crippen molar-refractivity contribution in [3.05, 3.63) is 96.1 Å². The van der Waals surface area contributed by atoms with E-state index in [2.05, 4.69) is 155 Å². The predicted molar refractivity (Wildman–Crippen MR) is 232 cm³/mol. The Labute approximate surface area is 334 Å². The lowest BCUT2D eigenvalue weighted by molar-refractivity contribution is 0.00544. The molecular formula is C45H66O7Si3. The lowest BCUT2D eigenvalue weighted by Gasteiger charge is -2.44. The second-order valence-electron chi connectivity index (χ2n) is 19.4. The normalized spacial score (nSPS) is 23.4. The van der Waals surface area contributed by atoms with Crippen LogP contribution in [0.4, 0.5) is 0 Å². The summed E-state index contributed by atoms with van der Waals surface area (Å²) in [5.41, 5.74) is 1.07. The van der Waals surface area contributed by atoms with Gasteiger partial charge in [0.2, 0.25) is 0 Å². The van der Waals surface area contributed by atoms with Crippen LogP contribution in [0.1, 0.15) is 91.1 Å². The Morgan fingerprint density at radius 2 is 1.27 bits per heavy atom. The van der Waals surface area contributed by atoms with E-state index in [1.807, 2.05) is 24.3 Å². The van der Waals surface area contributed by atoms with Crippen LogP contribution in [0, 0.1) is 0 Å². The number of carbonyl (C=O) groups excluding carboxylic acids is 1. The van der Waals surface area contributed by atoms with Gasteiger partial charge in [-0.2, -0.15) is 0 Å². The number of cyclic esters (lactones) is 1. The van der Waals surface area contributed by atoms with Crippen molar-refractivity contribution in [3.8, 4) is 5.75 Å². The Kier molecular flexibility index (Phi) is 12.7. The van der Waals surface area contributed by atoms with Crippen molar-refractivity contribution in [1.29, 1.82) is 0 Å². The third-order valence-corrected chi connectivity index (χ3v) is 26.2. The highest BCUT2D eigenvalue weighted by atomic mass is 28.4. The molecular weight excluding hydrogens is 737 g/mol. The third-order valence-electron chi connectivity index (χ3n) is 12.4. The maximum Gasteiger partial charge on any atom is 0.342 e. The van der Waals surface area contributed by atoms with Gasteiger partial charge in [0.1, 0.15) is 29.6 Å². The van der Waals surface area contributed by atoms with Gasteiger partial charge in [-0.3, -0.25) is 0 Å². The molecule has 3 aromatic rings. The average Bonchev–Trinajstić information content (AvgIpc) is 3.88. The summed E-state index contributed by atoms with van der Waals surface area (Å²) >= 11 is 0. The van der Waals surface area contributed by atoms with Crippen molar-refractivity contribution in [3.63, 3.8) is 0 Å². The molecule has 300 valence electrons. The maximum atomic E-state index is 14.5. The van der Waals surface area contributed by atoms with Crippen molar-refractivity contribution in [2.24, 2.45) is 0 Å². The zero-order valence-electron chi connectivity index (χ0n) is 35.6. The molecule has 0 saturated carbocycles. The van der Waals surface area contributed by atoms with E-state index in [1.54, 1.807) is 0 Å². The van der Waals surface area contributed by atoms with E-state index in [0.717, 1.165) is 0 Å². The first-order valence-corrected chi connectivity index (χ1v) is 27.7. The molecule has 1 N–H and O–H groups in total. The van der Waals surface area contributed by atoms with Gasteiger partial charge < -0.3 is 27.9 Å². The standard InChI is InChI=1S/C45H66O7Si3/c1-43(2,3)53(10,11)50-36-26-20-21-32-27-28-37(52-55(45(7,8)9,34-22-16-14-17-23-34)35-24-18-15-19-25-35)40-41(49-40)38(51-54(12,13)44(4,5)6)31-33(29-30-46)48-42(47)39(32)36/h14-28,33,37-38,40-41,46H,29-31H2,1-13H3/b28-27+/t33-,37-,38?,40?,41?/m0/s1. The first-order valence-electron chi connectivity index (χ1n) is 20.0. The van der Waals surface area contributed by atoms with Crippen LogP contribution >= 0.6 is 0 Å². The number of hydrogen-bond donors (Lipinski definition) is 1. The Morgan fingerprint density at radius 1 is 0.709 bits per heavy atom. The fourth-order valence-corrected chi connectivity index (χ4v) is 14.1. The van der Waals surface area contributed by atoms with Gasteiger partial charge in [-0.05, 0) is 63.3 Å². The molecule has 5 rings (SSSR count). The van der Waals surface area contributed by atoms with Gasteiger partial charge in [0.25, 0.3) is 16.6 Å². The largest absolute Gasteiger partial charge is 0.543 e. The minimum Gasteiger partial charge on any atom is -0.543 e. The molecule has 3 unspecified atom stereocenters. The highest BCUT2D eigenvalue weighted by Crippen LogP contribution is 2.46. The van der Waals surface area contributed by atoms with Gasteiger partial charge in [0, 0.05) is 19.4 Å². The van der Waals surface area contributed by atoms with Gasteiger partial charge in [-0.15, -0.1) is 0 Å². The molecule has 2 aliphatic rings. The van der Waals surface area contributed by atoms with E-state index < -0.39 is 43.1 Å². The van der Waals surface area contributed by atoms with Crippen molar-refractivity contribution < 1.29 is 32.7 Å². The quantitative estimate of drug-likeness (QED) is 0.124. The summed E-state index contributed by atoms with van der Waals surface area (Å²) in [4.78, 5) is 14.5. The monoisotopic (exact) mass is 802 g/mol. The van der Waals surface area contributed by atoms with Crippen LogP contribution in [0.3, 0.4) is 0 Å². The third kappa shape index (κ3) is 9.32. The van der Waals surface area contributed by atoms with E-state index >= 15 is 0 Å². The number of rotatable bonds is 10. The molecule has 0 aromatic heterocycles. The van der Waals surface area contributed by atoms with Crippen molar-refractivity contribution in [2.45, 2.75) is 147 Å². The smallest absolute Gasteiger partial charge is 0.342 e. The van der Waals surface area contributed by atoms with Crippen LogP contribution < -0.4 is 14.8 Å². The Balaban J connectivity index is 1.73. The molecule has 10 heteroatoms. The van der Waals surface area contributed by atoms with Gasteiger partial charge in [0.15, 0.2) is 8.32 Å². The Morgan fingerprint density at radius 3 is 1.78 bits per heavy atom. The van der Waals surface area contributed by atoms with Crippen LogP contribution in [0.2, 0.25) is 41.3 Å². The highest BCUT2D eigenvalue weighted by Gasteiger charge is 2.58. The summed E-state index contributed by atoms with van der Waals surface area (Å²) in [7, 11) is -7.74. The van der Waals surface area contributed by atoms with Gasteiger partial charge in [-0.25, -0.2) is 4.79 Å². The Hall–Kier alpha value is -2.84. The topological polar surface area (TPSA) is 86.8 Å². The van der Waals surface area contributed by atoms with Crippen LogP contribution in [-0.2, 0) is 18.3 Å². The molecule has 2 aliphatic heterocycles. The molecule has 7 nitrogen and oxygen atoms in total. The summed E-state index contributed by atoms with van der Waals surface area (Å²) in [6.45, 7) is 28.8. The summed E-state index contributed by atoms with van der Waals surface area (Å²) in [5, 5.41) is 12.2. The van der Waals surface area contributed by atoms with Crippen molar-refractivity contribution in [1.82, 2.24) is 0 Å². The number of hydrogen-bond acceptors (Lipinski definition) is 7. The summed E-state index contributed by atoms with van der Waals surface area (Å²) < 4.78 is 34.9. The fourth-order valence-electron chi connectivity index (χ4n) is 7.07. The zero-order chi connectivity index (χ0) is 40.6. The molecule has 1 saturated heterocycles. The number of aliphatic hydroxyl groups excluding tert-OH is 1. The van der Waals surface area contributed by atoms with Crippen molar-refractivity contribution >= 4 is 47.4 Å². The molecule has 5 atom stereocenters. The minimum atomic E-state index is -3.04. The molecule has 0 bridgehead atoms. The summed E-state index contributed by atoms with van der Waals surface area (Å²) in [6.07, 6.45) is 2.66. The minimum absolute atomic E-state index is 0.0656. The van der Waals surface area contributed by atoms with E-state index in [9.17, 15) is 9.90 Å². The van der Waals surface area contributed by atoms with E-state index in [4.69, 9.17) is 22.8 Å². The Bertz CT molecular complexity index is 1750. The molecule has 0 radical (unpaired) electrons. The van der Waals surface area contributed by atoms with Crippen LogP contribution in [-0.4, -0.2) is 73.2 Å². The van der Waals surface area contributed by atoms with E-state index in [-0.39, 0.29) is 46.5 Å². The van der Waals surface area contributed by atoms with Crippen LogP contribution in [0.5, 0.6) is 5.75 Å². The van der Waals surface area contributed by atoms with Gasteiger partial charge in [-0.1, -0.05) is 147 Å². The second-order valence-corrected chi connectivity index (χ2v) is 33.2. The number of benzene rings is 3. The highest BCUT2D eigenvalue weighted by molar-refractivity contribution is 6.99. The first-order chi connectivity index (χ1) is 25.5. The molecule has 3 aromatic carbocycles. The lowest BCUT2D eigenvalue weighted by atomic mass is 10.00. The molecule has 2 heterocycles. The number of ether oxygens (including phenoxy) is 2. The maximum absolute atomic E-state index is 14.5. The molecule has 55 heavy (non-hydrogen) atoms. The number of aliphatic hydroxyl groups is 1. The van der Waals surface area contributed by atoms with Gasteiger partial charge in [0.05, 0.1) is 12.2 Å². The van der Waals surface area contributed by atoms with E-state index in [1.165, 1.54) is 10.4 Å². The van der Waals surface area contributed by atoms with E-state index in [0.29, 0.717) is 23.3 Å². The average molecular weight is 803 g/mol. The zero-order valence-corrected chi connectivity index (χ0v) is 38.6. The van der Waals surface area contributed by atoms with Crippen LogP contribution in [0.25, 0.3) is 6.08 Å². The van der Waals surface area contributed by atoms with Gasteiger partial charge >= 0.3 is 5.97 Å². The summed E-state index contributed by atoms with van der Waals surface area (Å²) in [6, 6.07) is 27.0. The number of carbonyl (C=O) groups is 1. The number of fused-ring (bicyclic) bond motifs is 2. The molecule has 0 spiro atoms. The molecule has 1 fully saturated rings. The molecule has 0 aliphatic carbocycles. The fraction of sp³-hybridized carbons (Fsp3) is 0.533. The number of esters is 1. The predicted octanol–water partition coefficient (Wildman–Crippen LogP) is 9.50. The summed E-state index contributed by atoms with van der Waals surface area (Å²) in [5.74, 6) is 0.0365. The molecule has 0 amide bonds. The van der Waals surface area contributed by atoms with Crippen LogP contribution in [0.15, 0.2) is 84.9 Å². The lowest BCUT2D eigenvalue weighted by Crippen LogP contribution is -2.68.